The van der Waals surface area contributed by atoms with Gasteiger partial charge < -0.3 is 10.1 Å². The Morgan fingerprint density at radius 2 is 2.29 bits per heavy atom. The van der Waals surface area contributed by atoms with E-state index in [2.05, 4.69) is 17.3 Å². The van der Waals surface area contributed by atoms with Gasteiger partial charge in [0.1, 0.15) is 5.00 Å². The second-order valence-electron chi connectivity index (χ2n) is 6.11. The van der Waals surface area contributed by atoms with E-state index in [-0.39, 0.29) is 11.9 Å². The number of amides is 1. The second kappa shape index (κ2) is 6.76. The number of ether oxygens (including phenoxy) is 1. The average Bonchev–Trinajstić information content (AvgIpc) is 3.10. The van der Waals surface area contributed by atoms with Crippen molar-refractivity contribution in [3.63, 3.8) is 0 Å². The Labute approximate surface area is 144 Å². The van der Waals surface area contributed by atoms with Gasteiger partial charge in [-0.25, -0.2) is 4.79 Å². The molecule has 3 rings (SSSR count). The molecule has 0 radical (unpaired) electrons. The number of aromatic nitrogens is 2. The molecule has 0 spiro atoms. The van der Waals surface area contributed by atoms with E-state index in [1.165, 1.54) is 16.2 Å². The van der Waals surface area contributed by atoms with E-state index in [4.69, 9.17) is 4.74 Å². The highest BCUT2D eigenvalue weighted by molar-refractivity contribution is 7.17. The van der Waals surface area contributed by atoms with Gasteiger partial charge in [0.15, 0.2) is 5.69 Å². The summed E-state index contributed by atoms with van der Waals surface area (Å²) in [5.41, 5.74) is 1.88. The van der Waals surface area contributed by atoms with E-state index >= 15 is 0 Å². The van der Waals surface area contributed by atoms with Crippen LogP contribution in [0.3, 0.4) is 0 Å². The van der Waals surface area contributed by atoms with Gasteiger partial charge in [-0.05, 0) is 43.7 Å². The monoisotopic (exact) mass is 347 g/mol. The van der Waals surface area contributed by atoms with Gasteiger partial charge >= 0.3 is 5.97 Å². The van der Waals surface area contributed by atoms with E-state index in [1.54, 1.807) is 30.9 Å². The van der Waals surface area contributed by atoms with E-state index < -0.39 is 0 Å². The maximum atomic E-state index is 12.4. The molecule has 1 amide bonds. The Morgan fingerprint density at radius 1 is 1.50 bits per heavy atom. The minimum absolute atomic E-state index is 0.312. The normalized spacial score (nSPS) is 16.5. The van der Waals surface area contributed by atoms with Crippen molar-refractivity contribution in [3.05, 3.63) is 34.0 Å². The van der Waals surface area contributed by atoms with Crippen molar-refractivity contribution >= 4 is 28.2 Å². The number of thiophene rings is 1. The molecule has 1 unspecified atom stereocenters. The summed E-state index contributed by atoms with van der Waals surface area (Å²) in [5.74, 6) is -0.0841. The van der Waals surface area contributed by atoms with Crippen LogP contribution in [0.25, 0.3) is 0 Å². The summed E-state index contributed by atoms with van der Waals surface area (Å²) >= 11 is 1.48. The SMILES string of the molecule is CCOC(=O)c1c(NC(=O)c2ccn(C)n2)sc2c1CCC(C)C2. The number of fused-ring (bicyclic) bond motifs is 1. The lowest BCUT2D eigenvalue weighted by Crippen LogP contribution is -2.17. The number of nitrogens with zero attached hydrogens (tertiary/aromatic N) is 2. The fourth-order valence-electron chi connectivity index (χ4n) is 2.96. The quantitative estimate of drug-likeness (QED) is 0.863. The Morgan fingerprint density at radius 3 is 2.96 bits per heavy atom. The van der Waals surface area contributed by atoms with Crippen molar-refractivity contribution in [3.8, 4) is 0 Å². The first-order chi connectivity index (χ1) is 11.5. The number of rotatable bonds is 4. The van der Waals surface area contributed by atoms with E-state index in [9.17, 15) is 9.59 Å². The van der Waals surface area contributed by atoms with Crippen molar-refractivity contribution in [1.82, 2.24) is 9.78 Å². The second-order valence-corrected chi connectivity index (χ2v) is 7.21. The van der Waals surface area contributed by atoms with Gasteiger partial charge in [-0.1, -0.05) is 6.92 Å². The van der Waals surface area contributed by atoms with Crippen molar-refractivity contribution in [2.45, 2.75) is 33.1 Å². The Balaban J connectivity index is 1.94. The van der Waals surface area contributed by atoms with Crippen molar-refractivity contribution in [1.29, 1.82) is 0 Å². The van der Waals surface area contributed by atoms with Crippen LogP contribution >= 0.6 is 11.3 Å². The first kappa shape index (κ1) is 16.7. The molecule has 1 aliphatic rings. The molecule has 1 atom stereocenters. The summed E-state index contributed by atoms with van der Waals surface area (Å²) in [4.78, 5) is 26.0. The van der Waals surface area contributed by atoms with Crippen LogP contribution < -0.4 is 5.32 Å². The molecule has 0 aliphatic heterocycles. The minimum atomic E-state index is -0.360. The number of esters is 1. The predicted octanol–water partition coefficient (Wildman–Crippen LogP) is 3.04. The van der Waals surface area contributed by atoms with Crippen LogP contribution in [-0.2, 0) is 24.6 Å². The molecule has 0 aromatic carbocycles. The average molecular weight is 347 g/mol. The lowest BCUT2D eigenvalue weighted by Gasteiger charge is -2.18. The third-order valence-electron chi connectivity index (χ3n) is 4.16. The van der Waals surface area contributed by atoms with Gasteiger partial charge in [-0.3, -0.25) is 9.48 Å². The van der Waals surface area contributed by atoms with Gasteiger partial charge in [-0.2, -0.15) is 5.10 Å². The standard InChI is InChI=1S/C17H21N3O3S/c1-4-23-17(22)14-11-6-5-10(2)9-13(11)24-16(14)18-15(21)12-7-8-20(3)19-12/h7-8,10H,4-6,9H2,1-3H3,(H,18,21). The van der Waals surface area contributed by atoms with Crippen molar-refractivity contribution in [2.75, 3.05) is 11.9 Å². The molecule has 2 aromatic rings. The number of carbonyl (C=O) groups is 2. The third-order valence-corrected chi connectivity index (χ3v) is 5.33. The van der Waals surface area contributed by atoms with Crippen molar-refractivity contribution in [2.24, 2.45) is 13.0 Å². The molecule has 24 heavy (non-hydrogen) atoms. The lowest BCUT2D eigenvalue weighted by molar-refractivity contribution is 0.0526. The van der Waals surface area contributed by atoms with Crippen LogP contribution in [-0.4, -0.2) is 28.3 Å². The molecular formula is C17H21N3O3S. The van der Waals surface area contributed by atoms with Gasteiger partial charge in [0.05, 0.1) is 12.2 Å². The first-order valence-corrected chi connectivity index (χ1v) is 8.93. The Hall–Kier alpha value is -2.15. The van der Waals surface area contributed by atoms with Crippen LogP contribution in [0.2, 0.25) is 0 Å². The zero-order valence-electron chi connectivity index (χ0n) is 14.1. The zero-order valence-corrected chi connectivity index (χ0v) is 14.9. The molecule has 2 heterocycles. The summed E-state index contributed by atoms with van der Waals surface area (Å²) in [6, 6.07) is 1.65. The third kappa shape index (κ3) is 3.21. The Bertz CT molecular complexity index is 778. The molecule has 0 bridgehead atoms. The summed E-state index contributed by atoms with van der Waals surface area (Å²) in [5, 5.41) is 7.53. The minimum Gasteiger partial charge on any atom is -0.462 e. The maximum Gasteiger partial charge on any atom is 0.341 e. The van der Waals surface area contributed by atoms with Crippen LogP contribution in [0, 0.1) is 5.92 Å². The molecule has 6 nitrogen and oxygen atoms in total. The fraction of sp³-hybridized carbons (Fsp3) is 0.471. The summed E-state index contributed by atoms with van der Waals surface area (Å²) < 4.78 is 6.78. The summed E-state index contributed by atoms with van der Waals surface area (Å²) in [6.07, 6.45) is 4.54. The number of nitrogens with one attached hydrogen (secondary N) is 1. The van der Waals surface area contributed by atoms with E-state index in [0.717, 1.165) is 24.8 Å². The first-order valence-electron chi connectivity index (χ1n) is 8.12. The highest BCUT2D eigenvalue weighted by atomic mass is 32.1. The van der Waals surface area contributed by atoms with Gasteiger partial charge in [0.25, 0.3) is 5.91 Å². The number of hydrogen-bond acceptors (Lipinski definition) is 5. The number of aryl methyl sites for hydroxylation is 1. The molecule has 128 valence electrons. The molecule has 0 fully saturated rings. The molecule has 2 aromatic heterocycles. The van der Waals surface area contributed by atoms with Gasteiger partial charge in [-0.15, -0.1) is 11.3 Å². The van der Waals surface area contributed by atoms with Crippen LogP contribution in [0.15, 0.2) is 12.3 Å². The fourth-order valence-corrected chi connectivity index (χ4v) is 4.36. The smallest absolute Gasteiger partial charge is 0.341 e. The van der Waals surface area contributed by atoms with Crippen LogP contribution in [0.1, 0.15) is 51.6 Å². The number of anilines is 1. The largest absolute Gasteiger partial charge is 0.462 e. The van der Waals surface area contributed by atoms with Gasteiger partial charge in [0.2, 0.25) is 0 Å². The van der Waals surface area contributed by atoms with Crippen LogP contribution in [0.4, 0.5) is 5.00 Å². The van der Waals surface area contributed by atoms with Crippen LogP contribution in [0.5, 0.6) is 0 Å². The lowest BCUT2D eigenvalue weighted by atomic mass is 9.88. The zero-order chi connectivity index (χ0) is 17.3. The molecule has 1 N–H and O–H groups in total. The molecular weight excluding hydrogens is 326 g/mol. The predicted molar refractivity (Wildman–Crippen MR) is 92.6 cm³/mol. The van der Waals surface area contributed by atoms with Crippen molar-refractivity contribution < 1.29 is 14.3 Å². The molecule has 0 saturated heterocycles. The van der Waals surface area contributed by atoms with E-state index in [1.807, 2.05) is 0 Å². The summed E-state index contributed by atoms with van der Waals surface area (Å²) in [7, 11) is 1.76. The molecule has 0 saturated carbocycles. The van der Waals surface area contributed by atoms with Gasteiger partial charge in [0, 0.05) is 18.1 Å². The maximum absolute atomic E-state index is 12.4. The highest BCUT2D eigenvalue weighted by Gasteiger charge is 2.29. The molecule has 7 heteroatoms. The number of carbonyl (C=O) groups excluding carboxylic acids is 2. The molecule has 1 aliphatic carbocycles. The summed E-state index contributed by atoms with van der Waals surface area (Å²) in [6.45, 7) is 4.30. The highest BCUT2D eigenvalue weighted by Crippen LogP contribution is 2.40. The van der Waals surface area contributed by atoms with E-state index in [0.29, 0.717) is 28.8 Å². The number of hydrogen-bond donors (Lipinski definition) is 1. The Kier molecular flexibility index (Phi) is 4.71. The topological polar surface area (TPSA) is 73.2 Å².